The number of rotatable bonds is 1. The third-order valence-corrected chi connectivity index (χ3v) is 6.32. The summed E-state index contributed by atoms with van der Waals surface area (Å²) in [5, 5.41) is 5.05. The van der Waals surface area contributed by atoms with Crippen molar-refractivity contribution in [3.05, 3.63) is 48.0 Å². The number of hydrogen-bond acceptors (Lipinski definition) is 0. The topological polar surface area (TPSA) is 14.1 Å². The van der Waals surface area contributed by atoms with Crippen LogP contribution < -0.4 is 5.32 Å². The number of nitrogens with zero attached hydrogens (tertiary/aromatic N) is 1. The van der Waals surface area contributed by atoms with Gasteiger partial charge in [0.25, 0.3) is 0 Å². The predicted octanol–water partition coefficient (Wildman–Crippen LogP) is 7.41. The van der Waals surface area contributed by atoms with Gasteiger partial charge in [0.05, 0.1) is 11.4 Å². The lowest BCUT2D eigenvalue weighted by Gasteiger charge is -2.32. The summed E-state index contributed by atoms with van der Waals surface area (Å²) in [4.78, 5) is 0. The maximum absolute atomic E-state index is 5.05. The van der Waals surface area contributed by atoms with E-state index in [2.05, 4.69) is 49.4 Å². The van der Waals surface area contributed by atoms with E-state index in [-0.39, 0.29) is 5.41 Å². The molecule has 131 valence electrons. The zero-order valence-corrected chi connectivity index (χ0v) is 15.6. The summed E-state index contributed by atoms with van der Waals surface area (Å²) in [6.07, 6.45) is 13.8. The van der Waals surface area contributed by atoms with E-state index in [0.29, 0.717) is 0 Å². The molecule has 2 aromatic rings. The van der Waals surface area contributed by atoms with Gasteiger partial charge in [-0.1, -0.05) is 94.7 Å². The van der Waals surface area contributed by atoms with Gasteiger partial charge >= 0.3 is 0 Å². The van der Waals surface area contributed by atoms with Crippen LogP contribution in [-0.2, 0) is 5.41 Å². The second-order valence-corrected chi connectivity index (χ2v) is 8.22. The molecule has 1 aliphatic carbocycles. The highest BCUT2D eigenvalue weighted by molar-refractivity contribution is 5.92. The predicted molar refractivity (Wildman–Crippen MR) is 107 cm³/mol. The average Bonchev–Trinajstić information content (AvgIpc) is 2.99. The molecular formula is C24H30N. The zero-order valence-electron chi connectivity index (χ0n) is 15.6. The summed E-state index contributed by atoms with van der Waals surface area (Å²) in [5.41, 5.74) is 6.79. The summed E-state index contributed by atoms with van der Waals surface area (Å²) in [7, 11) is 0. The van der Waals surface area contributed by atoms with Crippen molar-refractivity contribution in [2.75, 3.05) is 0 Å². The van der Waals surface area contributed by atoms with Crippen LogP contribution in [0, 0.1) is 0 Å². The van der Waals surface area contributed by atoms with Gasteiger partial charge in [-0.05, 0) is 29.9 Å². The van der Waals surface area contributed by atoms with E-state index >= 15 is 0 Å². The van der Waals surface area contributed by atoms with Gasteiger partial charge in [0.1, 0.15) is 0 Å². The van der Waals surface area contributed by atoms with Crippen molar-refractivity contribution in [3.8, 4) is 11.1 Å². The van der Waals surface area contributed by atoms with Crippen molar-refractivity contribution >= 4 is 11.4 Å². The van der Waals surface area contributed by atoms with Gasteiger partial charge in [0.15, 0.2) is 0 Å². The number of benzene rings is 2. The van der Waals surface area contributed by atoms with E-state index in [1.54, 1.807) is 0 Å². The molecule has 0 aromatic heterocycles. The quantitative estimate of drug-likeness (QED) is 0.440. The molecule has 1 saturated carbocycles. The molecule has 1 nitrogen and oxygen atoms in total. The van der Waals surface area contributed by atoms with Gasteiger partial charge in [-0.2, -0.15) is 0 Å². The first-order valence-electron chi connectivity index (χ1n) is 10.2. The number of fused-ring (bicyclic) bond motifs is 3. The summed E-state index contributed by atoms with van der Waals surface area (Å²) in [6, 6.07) is 15.5. The van der Waals surface area contributed by atoms with Crippen LogP contribution in [0.5, 0.6) is 0 Å². The van der Waals surface area contributed by atoms with Crippen LogP contribution in [0.15, 0.2) is 42.5 Å². The van der Waals surface area contributed by atoms with Gasteiger partial charge in [0, 0.05) is 11.1 Å². The highest BCUT2D eigenvalue weighted by Crippen LogP contribution is 2.49. The van der Waals surface area contributed by atoms with Crippen molar-refractivity contribution in [1.82, 2.24) is 5.32 Å². The first-order chi connectivity index (χ1) is 12.3. The average molecular weight is 333 g/mol. The monoisotopic (exact) mass is 332 g/mol. The van der Waals surface area contributed by atoms with Crippen molar-refractivity contribution in [1.29, 1.82) is 0 Å². The van der Waals surface area contributed by atoms with Gasteiger partial charge in [-0.15, -0.1) is 0 Å². The Morgan fingerprint density at radius 1 is 0.680 bits per heavy atom. The minimum absolute atomic E-state index is 0.265. The first kappa shape index (κ1) is 16.7. The highest BCUT2D eigenvalue weighted by Gasteiger charge is 2.32. The minimum atomic E-state index is 0.265. The van der Waals surface area contributed by atoms with E-state index in [4.69, 9.17) is 5.32 Å². The van der Waals surface area contributed by atoms with Crippen LogP contribution >= 0.6 is 0 Å². The molecular weight excluding hydrogens is 302 g/mol. The minimum Gasteiger partial charge on any atom is -0.247 e. The molecule has 0 atom stereocenters. The maximum atomic E-state index is 5.05. The molecule has 0 N–H and O–H groups in total. The Morgan fingerprint density at radius 2 is 1.28 bits per heavy atom. The summed E-state index contributed by atoms with van der Waals surface area (Å²) in [6.45, 7) is 2.50. The molecule has 4 rings (SSSR count). The number of hydrogen-bond donors (Lipinski definition) is 0. The highest BCUT2D eigenvalue weighted by atomic mass is 14.9. The standard InChI is InChI=1S/C24H30N/c1-24(17-10-6-4-2-3-5-7-11-18-24)21-15-12-14-20-19-13-8-9-16-22(19)25-23(20)21/h8-9,12-16H,2-7,10-11,17-18H2,1H3. The molecule has 1 aliphatic heterocycles. The fourth-order valence-corrected chi connectivity index (χ4v) is 4.77. The lowest BCUT2D eigenvalue weighted by molar-refractivity contribution is 0.370. The van der Waals surface area contributed by atoms with Crippen molar-refractivity contribution in [3.63, 3.8) is 0 Å². The van der Waals surface area contributed by atoms with Crippen LogP contribution in [0.2, 0.25) is 0 Å². The fourth-order valence-electron chi connectivity index (χ4n) is 4.77. The maximum Gasteiger partial charge on any atom is 0.0753 e. The second kappa shape index (κ2) is 7.23. The Balaban J connectivity index is 1.68. The normalized spacial score (nSPS) is 20.0. The van der Waals surface area contributed by atoms with Gasteiger partial charge in [-0.3, -0.25) is 0 Å². The van der Waals surface area contributed by atoms with E-state index in [9.17, 15) is 0 Å². The van der Waals surface area contributed by atoms with E-state index < -0.39 is 0 Å². The third kappa shape index (κ3) is 3.34. The van der Waals surface area contributed by atoms with Crippen LogP contribution in [0.25, 0.3) is 11.1 Å². The molecule has 2 aliphatic rings. The van der Waals surface area contributed by atoms with Crippen LogP contribution in [-0.4, -0.2) is 0 Å². The van der Waals surface area contributed by atoms with Gasteiger partial charge in [-0.25, -0.2) is 5.32 Å². The largest absolute Gasteiger partial charge is 0.247 e. The Hall–Kier alpha value is -1.76. The molecule has 25 heavy (non-hydrogen) atoms. The molecule has 0 bridgehead atoms. The van der Waals surface area contributed by atoms with E-state index in [1.165, 1.54) is 86.6 Å². The fraction of sp³-hybridized carbons (Fsp3) is 0.500. The van der Waals surface area contributed by atoms with Crippen LogP contribution in [0.3, 0.4) is 0 Å². The second-order valence-electron chi connectivity index (χ2n) is 8.22. The Labute approximate surface area is 152 Å². The first-order valence-corrected chi connectivity index (χ1v) is 10.2. The van der Waals surface area contributed by atoms with Crippen molar-refractivity contribution in [2.45, 2.75) is 76.5 Å². The Kier molecular flexibility index (Phi) is 4.83. The van der Waals surface area contributed by atoms with Gasteiger partial charge in [0.2, 0.25) is 0 Å². The molecule has 0 spiro atoms. The molecule has 0 unspecified atom stereocenters. The summed E-state index contributed by atoms with van der Waals surface area (Å²) >= 11 is 0. The lowest BCUT2D eigenvalue weighted by atomic mass is 9.73. The molecule has 0 saturated heterocycles. The van der Waals surface area contributed by atoms with Gasteiger partial charge < -0.3 is 0 Å². The smallest absolute Gasteiger partial charge is 0.0753 e. The zero-order chi connectivity index (χ0) is 17.1. The van der Waals surface area contributed by atoms with Crippen molar-refractivity contribution in [2.24, 2.45) is 0 Å². The summed E-state index contributed by atoms with van der Waals surface area (Å²) in [5.74, 6) is 0. The third-order valence-electron chi connectivity index (χ3n) is 6.32. The Morgan fingerprint density at radius 3 is 2.00 bits per heavy atom. The SMILES string of the molecule is CC1(c2cccc3c2[N]c2ccccc2-3)CCCCCCCCCC1. The van der Waals surface area contributed by atoms with E-state index in [1.807, 2.05) is 0 Å². The van der Waals surface area contributed by atoms with Crippen LogP contribution in [0.1, 0.15) is 76.7 Å². The summed E-state index contributed by atoms with van der Waals surface area (Å²) < 4.78 is 0. The number of para-hydroxylation sites is 2. The van der Waals surface area contributed by atoms with E-state index in [0.717, 1.165) is 5.69 Å². The van der Waals surface area contributed by atoms with Crippen molar-refractivity contribution < 1.29 is 0 Å². The molecule has 1 heterocycles. The van der Waals surface area contributed by atoms with Crippen LogP contribution in [0.4, 0.5) is 11.4 Å². The molecule has 2 aromatic carbocycles. The molecule has 0 amide bonds. The Bertz CT molecular complexity index is 719. The molecule has 1 radical (unpaired) electrons. The molecule has 1 heteroatoms. The lowest BCUT2D eigenvalue weighted by Crippen LogP contribution is -2.23. The molecule has 1 fully saturated rings.